The Labute approximate surface area is 109 Å². The van der Waals surface area contributed by atoms with Crippen molar-refractivity contribution in [3.63, 3.8) is 0 Å². The van der Waals surface area contributed by atoms with Gasteiger partial charge in [-0.25, -0.2) is 4.39 Å². The molecule has 0 aromatic heterocycles. The first kappa shape index (κ1) is 13.3. The Kier molecular flexibility index (Phi) is 5.00. The first-order valence-electron chi connectivity index (χ1n) is 6.99. The van der Waals surface area contributed by atoms with Gasteiger partial charge in [-0.2, -0.15) is 0 Å². The third kappa shape index (κ3) is 4.65. The first-order chi connectivity index (χ1) is 8.78. The number of hydrogen-bond acceptors (Lipinski definition) is 2. The average Bonchev–Trinajstić information content (AvgIpc) is 3.16. The molecule has 0 atom stereocenters. The Balaban J connectivity index is 1.69. The molecule has 1 aromatic rings. The Morgan fingerprint density at radius 2 is 1.94 bits per heavy atom. The zero-order chi connectivity index (χ0) is 12.8. The number of benzene rings is 1. The van der Waals surface area contributed by atoms with Crippen LogP contribution in [0.2, 0.25) is 0 Å². The third-order valence-electron chi connectivity index (χ3n) is 3.35. The molecule has 100 valence electrons. The van der Waals surface area contributed by atoms with Gasteiger partial charge in [-0.1, -0.05) is 6.92 Å². The minimum absolute atomic E-state index is 0.179. The summed E-state index contributed by atoms with van der Waals surface area (Å²) in [5.74, 6) is 0.768. The second-order valence-corrected chi connectivity index (χ2v) is 5.18. The number of nitrogens with zero attached hydrogens (tertiary/aromatic N) is 1. The van der Waals surface area contributed by atoms with Gasteiger partial charge in [0.15, 0.2) is 0 Å². The van der Waals surface area contributed by atoms with Gasteiger partial charge in [0.2, 0.25) is 0 Å². The molecule has 0 heterocycles. The second kappa shape index (κ2) is 6.74. The van der Waals surface area contributed by atoms with Gasteiger partial charge in [-0.15, -0.1) is 0 Å². The van der Waals surface area contributed by atoms with Gasteiger partial charge in [0, 0.05) is 25.3 Å². The Morgan fingerprint density at radius 1 is 1.22 bits per heavy atom. The van der Waals surface area contributed by atoms with Crippen LogP contribution in [-0.4, -0.2) is 31.1 Å². The summed E-state index contributed by atoms with van der Waals surface area (Å²) in [6, 6.07) is 6.58. The van der Waals surface area contributed by atoms with Crippen LogP contribution in [-0.2, 0) is 0 Å². The highest BCUT2D eigenvalue weighted by Crippen LogP contribution is 2.29. The van der Waals surface area contributed by atoms with Crippen LogP contribution in [0.5, 0.6) is 0 Å². The van der Waals surface area contributed by atoms with E-state index in [1.807, 2.05) is 0 Å². The molecule has 0 spiro atoms. The second-order valence-electron chi connectivity index (χ2n) is 5.18. The predicted molar refractivity (Wildman–Crippen MR) is 74.3 cm³/mol. The Bertz CT molecular complexity index is 346. The van der Waals surface area contributed by atoms with E-state index in [9.17, 15) is 4.39 Å². The van der Waals surface area contributed by atoms with Gasteiger partial charge in [0.1, 0.15) is 5.82 Å². The van der Waals surface area contributed by atoms with Crippen molar-refractivity contribution in [2.24, 2.45) is 5.92 Å². The smallest absolute Gasteiger partial charge is 0.123 e. The number of halogens is 1. The highest BCUT2D eigenvalue weighted by atomic mass is 19.1. The number of rotatable bonds is 8. The third-order valence-corrected chi connectivity index (χ3v) is 3.35. The van der Waals surface area contributed by atoms with Crippen molar-refractivity contribution in [3.05, 3.63) is 30.1 Å². The molecule has 0 amide bonds. The summed E-state index contributed by atoms with van der Waals surface area (Å²) >= 11 is 0. The normalized spacial score (nSPS) is 15.1. The molecule has 1 saturated carbocycles. The molecular weight excluding hydrogens is 227 g/mol. The van der Waals surface area contributed by atoms with Crippen molar-refractivity contribution in [2.45, 2.75) is 26.2 Å². The van der Waals surface area contributed by atoms with Crippen molar-refractivity contribution in [1.82, 2.24) is 4.90 Å². The van der Waals surface area contributed by atoms with Crippen LogP contribution < -0.4 is 5.32 Å². The molecule has 18 heavy (non-hydrogen) atoms. The van der Waals surface area contributed by atoms with Crippen LogP contribution in [0.15, 0.2) is 24.3 Å². The van der Waals surface area contributed by atoms with E-state index in [1.54, 1.807) is 12.1 Å². The summed E-state index contributed by atoms with van der Waals surface area (Å²) in [4.78, 5) is 2.54. The van der Waals surface area contributed by atoms with Crippen molar-refractivity contribution in [1.29, 1.82) is 0 Å². The molecule has 2 rings (SSSR count). The molecule has 1 fully saturated rings. The van der Waals surface area contributed by atoms with Gasteiger partial charge in [0.05, 0.1) is 0 Å². The first-order valence-corrected chi connectivity index (χ1v) is 6.99. The van der Waals surface area contributed by atoms with Gasteiger partial charge >= 0.3 is 0 Å². The monoisotopic (exact) mass is 250 g/mol. The van der Waals surface area contributed by atoms with Crippen LogP contribution >= 0.6 is 0 Å². The van der Waals surface area contributed by atoms with Crippen LogP contribution in [0.3, 0.4) is 0 Å². The van der Waals surface area contributed by atoms with Gasteiger partial charge in [-0.3, -0.25) is 0 Å². The minimum atomic E-state index is -0.179. The van der Waals surface area contributed by atoms with E-state index in [-0.39, 0.29) is 5.82 Å². The maximum atomic E-state index is 12.8. The van der Waals surface area contributed by atoms with E-state index in [4.69, 9.17) is 0 Å². The fraction of sp³-hybridized carbons (Fsp3) is 0.600. The van der Waals surface area contributed by atoms with Gasteiger partial charge in [0.25, 0.3) is 0 Å². The zero-order valence-corrected chi connectivity index (χ0v) is 11.2. The molecule has 3 heteroatoms. The molecular formula is C15H23FN2. The highest BCUT2D eigenvalue weighted by Gasteiger charge is 2.23. The highest BCUT2D eigenvalue weighted by molar-refractivity contribution is 5.42. The lowest BCUT2D eigenvalue weighted by atomic mass is 10.3. The molecule has 1 aliphatic carbocycles. The van der Waals surface area contributed by atoms with Crippen molar-refractivity contribution >= 4 is 5.69 Å². The van der Waals surface area contributed by atoms with Crippen LogP contribution in [0, 0.1) is 11.7 Å². The van der Waals surface area contributed by atoms with E-state index in [1.165, 1.54) is 44.5 Å². The molecule has 1 N–H and O–H groups in total. The largest absolute Gasteiger partial charge is 0.384 e. The lowest BCUT2D eigenvalue weighted by Gasteiger charge is -2.21. The lowest BCUT2D eigenvalue weighted by molar-refractivity contribution is 0.273. The summed E-state index contributed by atoms with van der Waals surface area (Å²) in [5.41, 5.74) is 0.999. The summed E-state index contributed by atoms with van der Waals surface area (Å²) in [6.45, 7) is 6.66. The van der Waals surface area contributed by atoms with Gasteiger partial charge in [-0.05, 0) is 56.0 Å². The van der Waals surface area contributed by atoms with Crippen LogP contribution in [0.25, 0.3) is 0 Å². The summed E-state index contributed by atoms with van der Waals surface area (Å²) < 4.78 is 12.8. The standard InChI is InChI=1S/C15H23FN2/c1-2-10-18(12-13-3-4-13)11-9-17-15-7-5-14(16)6-8-15/h5-8,13,17H,2-4,9-12H2,1H3. The molecule has 0 radical (unpaired) electrons. The van der Waals surface area contributed by atoms with E-state index in [2.05, 4.69) is 17.1 Å². The topological polar surface area (TPSA) is 15.3 Å². The summed E-state index contributed by atoms with van der Waals surface area (Å²) in [5, 5.41) is 3.35. The lowest BCUT2D eigenvalue weighted by Crippen LogP contribution is -2.31. The SMILES string of the molecule is CCCN(CCNc1ccc(F)cc1)CC1CC1. The van der Waals surface area contributed by atoms with Crippen molar-refractivity contribution in [3.8, 4) is 0 Å². The predicted octanol–water partition coefficient (Wildman–Crippen LogP) is 3.36. The van der Waals surface area contributed by atoms with E-state index in [0.717, 1.165) is 24.7 Å². The molecule has 0 unspecified atom stereocenters. The maximum absolute atomic E-state index is 12.8. The van der Waals surface area contributed by atoms with Crippen molar-refractivity contribution < 1.29 is 4.39 Å². The molecule has 0 bridgehead atoms. The van der Waals surface area contributed by atoms with E-state index < -0.39 is 0 Å². The Hall–Kier alpha value is -1.09. The number of hydrogen-bond donors (Lipinski definition) is 1. The molecule has 1 aliphatic rings. The molecule has 1 aromatic carbocycles. The van der Waals surface area contributed by atoms with E-state index in [0.29, 0.717) is 0 Å². The molecule has 0 saturated heterocycles. The fourth-order valence-corrected chi connectivity index (χ4v) is 2.20. The summed E-state index contributed by atoms with van der Waals surface area (Å²) in [7, 11) is 0. The van der Waals surface area contributed by atoms with Gasteiger partial charge < -0.3 is 10.2 Å². The molecule has 0 aliphatic heterocycles. The minimum Gasteiger partial charge on any atom is -0.384 e. The quantitative estimate of drug-likeness (QED) is 0.761. The van der Waals surface area contributed by atoms with Crippen molar-refractivity contribution in [2.75, 3.05) is 31.5 Å². The average molecular weight is 250 g/mol. The Morgan fingerprint density at radius 3 is 2.56 bits per heavy atom. The fourth-order valence-electron chi connectivity index (χ4n) is 2.20. The number of nitrogens with one attached hydrogen (secondary N) is 1. The van der Waals surface area contributed by atoms with E-state index >= 15 is 0 Å². The maximum Gasteiger partial charge on any atom is 0.123 e. The zero-order valence-electron chi connectivity index (χ0n) is 11.2. The van der Waals surface area contributed by atoms with Crippen LogP contribution in [0.1, 0.15) is 26.2 Å². The molecule has 2 nitrogen and oxygen atoms in total. The van der Waals surface area contributed by atoms with Crippen LogP contribution in [0.4, 0.5) is 10.1 Å². The summed E-state index contributed by atoms with van der Waals surface area (Å²) in [6.07, 6.45) is 4.03. The number of anilines is 1.